The number of hydrogen-bond acceptors (Lipinski definition) is 3. The Balaban J connectivity index is 2.11. The van der Waals surface area contributed by atoms with Gasteiger partial charge in [0.1, 0.15) is 5.82 Å². The molecule has 0 atom stereocenters. The Morgan fingerprint density at radius 3 is 2.43 bits per heavy atom. The molecule has 0 unspecified atom stereocenters. The summed E-state index contributed by atoms with van der Waals surface area (Å²) in [5, 5.41) is 0. The molecular weight excluding hydrogens is 297 g/mol. The lowest BCUT2D eigenvalue weighted by molar-refractivity contribution is -0.122. The third-order valence-corrected chi connectivity index (χ3v) is 3.57. The molecule has 0 aliphatic carbocycles. The highest BCUT2D eigenvalue weighted by atomic mass is 19.1. The maximum Gasteiger partial charge on any atom is 0.265 e. The number of benzene rings is 2. The van der Waals surface area contributed by atoms with E-state index in [0.717, 1.165) is 17.0 Å². The number of fused-ring (bicyclic) bond motifs is 1. The van der Waals surface area contributed by atoms with Crippen LogP contribution in [-0.2, 0) is 9.59 Å². The lowest BCUT2D eigenvalue weighted by Crippen LogP contribution is -2.31. The molecule has 0 bridgehead atoms. The van der Waals surface area contributed by atoms with E-state index >= 15 is 0 Å². The van der Waals surface area contributed by atoms with Crippen LogP contribution in [0.2, 0.25) is 0 Å². The molecule has 0 fully saturated rings. The predicted molar refractivity (Wildman–Crippen MR) is 83.3 cm³/mol. The number of allylic oxidation sites excluding steroid dienone is 1. The van der Waals surface area contributed by atoms with E-state index in [4.69, 9.17) is 0 Å². The number of amides is 2. The van der Waals surface area contributed by atoms with Crippen molar-refractivity contribution in [1.29, 1.82) is 0 Å². The van der Waals surface area contributed by atoms with Crippen molar-refractivity contribution in [1.82, 2.24) is 0 Å². The van der Waals surface area contributed by atoms with Gasteiger partial charge in [-0.05, 0) is 24.3 Å². The van der Waals surface area contributed by atoms with Gasteiger partial charge in [0.05, 0.1) is 11.3 Å². The first kappa shape index (κ1) is 14.8. The number of halogens is 1. The fourth-order valence-electron chi connectivity index (χ4n) is 2.53. The Morgan fingerprint density at radius 2 is 1.78 bits per heavy atom. The van der Waals surface area contributed by atoms with E-state index in [1.54, 1.807) is 30.3 Å². The van der Waals surface area contributed by atoms with Gasteiger partial charge in [-0.1, -0.05) is 30.3 Å². The zero-order chi connectivity index (χ0) is 16.6. The van der Waals surface area contributed by atoms with E-state index < -0.39 is 17.6 Å². The zero-order valence-corrected chi connectivity index (χ0v) is 12.2. The maximum absolute atomic E-state index is 13.5. The first-order valence-corrected chi connectivity index (χ1v) is 6.95. The zero-order valence-electron chi connectivity index (χ0n) is 12.2. The molecule has 1 aliphatic heterocycles. The van der Waals surface area contributed by atoms with Crippen molar-refractivity contribution in [2.75, 3.05) is 4.90 Å². The SMILES string of the molecule is CC(=O)N1C(=O)/C(=C/C(=O)c2ccccc2)c2cc(F)ccc21. The van der Waals surface area contributed by atoms with Gasteiger partial charge < -0.3 is 0 Å². The van der Waals surface area contributed by atoms with Crippen molar-refractivity contribution < 1.29 is 18.8 Å². The summed E-state index contributed by atoms with van der Waals surface area (Å²) in [4.78, 5) is 37.4. The molecule has 3 rings (SSSR count). The standard InChI is InChI=1S/C18H12FNO3/c1-11(21)20-16-8-7-13(19)9-14(16)15(18(20)23)10-17(22)12-5-3-2-4-6-12/h2-10H,1H3/b15-10+. The van der Waals surface area contributed by atoms with Crippen LogP contribution in [0, 0.1) is 5.82 Å². The van der Waals surface area contributed by atoms with Crippen LogP contribution in [0.4, 0.5) is 10.1 Å². The van der Waals surface area contributed by atoms with Crippen molar-refractivity contribution in [2.24, 2.45) is 0 Å². The number of hydrogen-bond donors (Lipinski definition) is 0. The molecule has 0 radical (unpaired) electrons. The smallest absolute Gasteiger partial charge is 0.265 e. The lowest BCUT2D eigenvalue weighted by atomic mass is 10.0. The van der Waals surface area contributed by atoms with E-state index in [-0.39, 0.29) is 22.6 Å². The number of carbonyl (C=O) groups is 3. The first-order valence-electron chi connectivity index (χ1n) is 6.95. The molecule has 0 spiro atoms. The van der Waals surface area contributed by atoms with E-state index in [2.05, 4.69) is 0 Å². The van der Waals surface area contributed by atoms with Gasteiger partial charge in [0.2, 0.25) is 5.91 Å². The third-order valence-electron chi connectivity index (χ3n) is 3.57. The lowest BCUT2D eigenvalue weighted by Gasteiger charge is -2.11. The molecule has 0 N–H and O–H groups in total. The minimum Gasteiger partial charge on any atom is -0.289 e. The quantitative estimate of drug-likeness (QED) is 0.633. The largest absolute Gasteiger partial charge is 0.289 e. The van der Waals surface area contributed by atoms with Crippen LogP contribution >= 0.6 is 0 Å². The molecule has 23 heavy (non-hydrogen) atoms. The average molecular weight is 309 g/mol. The van der Waals surface area contributed by atoms with Gasteiger partial charge in [0.15, 0.2) is 5.78 Å². The summed E-state index contributed by atoms with van der Waals surface area (Å²) in [6.07, 6.45) is 1.15. The van der Waals surface area contributed by atoms with E-state index in [0.29, 0.717) is 5.56 Å². The molecular formula is C18H12FNO3. The van der Waals surface area contributed by atoms with Crippen LogP contribution < -0.4 is 4.90 Å². The van der Waals surface area contributed by atoms with Crippen LogP contribution in [0.5, 0.6) is 0 Å². The summed E-state index contributed by atoms with van der Waals surface area (Å²) in [6.45, 7) is 1.24. The molecule has 114 valence electrons. The van der Waals surface area contributed by atoms with Gasteiger partial charge >= 0.3 is 0 Å². The second kappa shape index (κ2) is 5.61. The molecule has 1 heterocycles. The fraction of sp³-hybridized carbons (Fsp3) is 0.0556. The molecule has 0 saturated carbocycles. The third kappa shape index (κ3) is 2.57. The number of rotatable bonds is 2. The number of imide groups is 1. The summed E-state index contributed by atoms with van der Waals surface area (Å²) < 4.78 is 13.5. The van der Waals surface area contributed by atoms with Crippen molar-refractivity contribution in [3.05, 3.63) is 71.6 Å². The maximum atomic E-state index is 13.5. The van der Waals surface area contributed by atoms with E-state index in [9.17, 15) is 18.8 Å². The highest BCUT2D eigenvalue weighted by Crippen LogP contribution is 2.37. The van der Waals surface area contributed by atoms with Crippen LogP contribution in [0.15, 0.2) is 54.6 Å². The Labute approximate surface area is 131 Å². The van der Waals surface area contributed by atoms with Crippen molar-refractivity contribution in [2.45, 2.75) is 6.92 Å². The normalized spacial score (nSPS) is 15.0. The Kier molecular flexibility index (Phi) is 3.62. The second-order valence-electron chi connectivity index (χ2n) is 5.11. The Bertz CT molecular complexity index is 856. The van der Waals surface area contributed by atoms with Crippen LogP contribution in [-0.4, -0.2) is 17.6 Å². The summed E-state index contributed by atoms with van der Waals surface area (Å²) in [5.74, 6) is -2.03. The first-order chi connectivity index (χ1) is 11.0. The molecule has 4 nitrogen and oxygen atoms in total. The van der Waals surface area contributed by atoms with E-state index in [1.807, 2.05) is 0 Å². The van der Waals surface area contributed by atoms with Gasteiger partial charge in [-0.3, -0.25) is 14.4 Å². The summed E-state index contributed by atoms with van der Waals surface area (Å²) in [5.41, 5.74) is 0.959. The Hall–Kier alpha value is -3.08. The van der Waals surface area contributed by atoms with Gasteiger partial charge in [-0.2, -0.15) is 0 Å². The average Bonchev–Trinajstić information content (AvgIpc) is 2.80. The fourth-order valence-corrected chi connectivity index (χ4v) is 2.53. The van der Waals surface area contributed by atoms with Crippen molar-refractivity contribution >= 4 is 28.9 Å². The number of nitrogens with zero attached hydrogens (tertiary/aromatic N) is 1. The minimum atomic E-state index is -0.623. The molecule has 0 aromatic heterocycles. The summed E-state index contributed by atoms with van der Waals surface area (Å²) >= 11 is 0. The minimum absolute atomic E-state index is 0.0172. The molecule has 5 heteroatoms. The van der Waals surface area contributed by atoms with Gasteiger partial charge in [-0.15, -0.1) is 0 Å². The number of anilines is 1. The highest BCUT2D eigenvalue weighted by molar-refractivity contribution is 6.41. The van der Waals surface area contributed by atoms with Gasteiger partial charge in [-0.25, -0.2) is 9.29 Å². The Morgan fingerprint density at radius 1 is 1.09 bits per heavy atom. The monoisotopic (exact) mass is 309 g/mol. The van der Waals surface area contributed by atoms with Crippen molar-refractivity contribution in [3.8, 4) is 0 Å². The van der Waals surface area contributed by atoms with Crippen LogP contribution in [0.25, 0.3) is 5.57 Å². The van der Waals surface area contributed by atoms with Gasteiger partial charge in [0, 0.05) is 18.1 Å². The number of ketones is 1. The van der Waals surface area contributed by atoms with E-state index in [1.165, 1.54) is 19.1 Å². The van der Waals surface area contributed by atoms with Gasteiger partial charge in [0.25, 0.3) is 5.91 Å². The molecule has 2 amide bonds. The van der Waals surface area contributed by atoms with Crippen LogP contribution in [0.3, 0.4) is 0 Å². The summed E-state index contributed by atoms with van der Waals surface area (Å²) in [7, 11) is 0. The highest BCUT2D eigenvalue weighted by Gasteiger charge is 2.35. The second-order valence-corrected chi connectivity index (χ2v) is 5.11. The molecule has 2 aromatic carbocycles. The molecule has 1 aliphatic rings. The van der Waals surface area contributed by atoms with Crippen LogP contribution in [0.1, 0.15) is 22.8 Å². The number of carbonyl (C=O) groups excluding carboxylic acids is 3. The molecule has 0 saturated heterocycles. The van der Waals surface area contributed by atoms with Crippen molar-refractivity contribution in [3.63, 3.8) is 0 Å². The predicted octanol–water partition coefficient (Wildman–Crippen LogP) is 2.99. The summed E-state index contributed by atoms with van der Waals surface area (Å²) in [6, 6.07) is 12.1. The topological polar surface area (TPSA) is 54.5 Å². The molecule has 2 aromatic rings.